The standard InChI is InChI=1S/C12H13BrO4/c1-2-3-6-17-12(16)9-5-4-8(13)7-10(9)11(14)15/h4-5,7H,2-3,6H2,1H3,(H,14,15). The van der Waals surface area contributed by atoms with Crippen LogP contribution in [0.1, 0.15) is 40.5 Å². The number of esters is 1. The molecule has 0 unspecified atom stereocenters. The van der Waals surface area contributed by atoms with Crippen LogP contribution in [0.25, 0.3) is 0 Å². The molecule has 92 valence electrons. The van der Waals surface area contributed by atoms with Crippen molar-refractivity contribution in [1.29, 1.82) is 0 Å². The summed E-state index contributed by atoms with van der Waals surface area (Å²) >= 11 is 3.16. The van der Waals surface area contributed by atoms with Crippen LogP contribution in [-0.4, -0.2) is 23.7 Å². The molecule has 1 N–H and O–H groups in total. The van der Waals surface area contributed by atoms with Gasteiger partial charge in [0.2, 0.25) is 0 Å². The Balaban J connectivity index is 2.89. The summed E-state index contributed by atoms with van der Waals surface area (Å²) in [6, 6.07) is 4.45. The highest BCUT2D eigenvalue weighted by Gasteiger charge is 2.17. The van der Waals surface area contributed by atoms with Crippen molar-refractivity contribution in [1.82, 2.24) is 0 Å². The number of carboxylic acid groups (broad SMARTS) is 1. The van der Waals surface area contributed by atoms with Gasteiger partial charge in [0.05, 0.1) is 17.7 Å². The Bertz CT molecular complexity index is 429. The number of rotatable bonds is 5. The number of carbonyl (C=O) groups is 2. The average molecular weight is 301 g/mol. The molecule has 1 aromatic carbocycles. The molecular weight excluding hydrogens is 288 g/mol. The summed E-state index contributed by atoms with van der Waals surface area (Å²) in [7, 11) is 0. The van der Waals surface area contributed by atoms with Gasteiger partial charge in [-0.1, -0.05) is 29.3 Å². The molecular formula is C12H13BrO4. The van der Waals surface area contributed by atoms with Crippen molar-refractivity contribution in [2.45, 2.75) is 19.8 Å². The molecule has 17 heavy (non-hydrogen) atoms. The number of hydrogen-bond donors (Lipinski definition) is 1. The Morgan fingerprint density at radius 1 is 1.35 bits per heavy atom. The number of ether oxygens (including phenoxy) is 1. The lowest BCUT2D eigenvalue weighted by molar-refractivity contribution is 0.0489. The van der Waals surface area contributed by atoms with Gasteiger partial charge in [-0.05, 0) is 24.6 Å². The first-order valence-electron chi connectivity index (χ1n) is 5.26. The van der Waals surface area contributed by atoms with Gasteiger partial charge in [0.1, 0.15) is 0 Å². The van der Waals surface area contributed by atoms with E-state index in [1.807, 2.05) is 6.92 Å². The lowest BCUT2D eigenvalue weighted by Crippen LogP contribution is -2.12. The van der Waals surface area contributed by atoms with Crippen LogP contribution in [0.2, 0.25) is 0 Å². The number of unbranched alkanes of at least 4 members (excludes halogenated alkanes) is 1. The normalized spacial score (nSPS) is 10.0. The van der Waals surface area contributed by atoms with E-state index in [1.165, 1.54) is 12.1 Å². The van der Waals surface area contributed by atoms with E-state index in [4.69, 9.17) is 9.84 Å². The molecule has 0 atom stereocenters. The highest BCUT2D eigenvalue weighted by molar-refractivity contribution is 9.10. The minimum atomic E-state index is -1.14. The van der Waals surface area contributed by atoms with E-state index in [-0.39, 0.29) is 11.1 Å². The highest BCUT2D eigenvalue weighted by atomic mass is 79.9. The molecule has 0 aliphatic rings. The predicted octanol–water partition coefficient (Wildman–Crippen LogP) is 3.10. The third kappa shape index (κ3) is 3.85. The molecule has 1 rings (SSSR count). The second kappa shape index (κ2) is 6.39. The summed E-state index contributed by atoms with van der Waals surface area (Å²) in [5.41, 5.74) is 0.0256. The van der Waals surface area contributed by atoms with Crippen LogP contribution in [-0.2, 0) is 4.74 Å². The smallest absolute Gasteiger partial charge is 0.339 e. The van der Waals surface area contributed by atoms with E-state index in [0.717, 1.165) is 12.8 Å². The van der Waals surface area contributed by atoms with Crippen LogP contribution in [0.4, 0.5) is 0 Å². The molecule has 0 radical (unpaired) electrons. The van der Waals surface area contributed by atoms with Gasteiger partial charge >= 0.3 is 11.9 Å². The fourth-order valence-electron chi connectivity index (χ4n) is 1.26. The van der Waals surface area contributed by atoms with Crippen LogP contribution in [0.5, 0.6) is 0 Å². The van der Waals surface area contributed by atoms with Gasteiger partial charge in [-0.3, -0.25) is 0 Å². The molecule has 0 saturated carbocycles. The first kappa shape index (κ1) is 13.7. The number of carbonyl (C=O) groups excluding carboxylic acids is 1. The minimum absolute atomic E-state index is 0.0547. The van der Waals surface area contributed by atoms with Gasteiger partial charge in [-0.25, -0.2) is 9.59 Å². The van der Waals surface area contributed by atoms with E-state index in [9.17, 15) is 9.59 Å². The summed E-state index contributed by atoms with van der Waals surface area (Å²) < 4.78 is 5.59. The average Bonchev–Trinajstić information content (AvgIpc) is 2.29. The zero-order valence-corrected chi connectivity index (χ0v) is 11.0. The Labute approximate surface area is 108 Å². The molecule has 0 fully saturated rings. The first-order valence-corrected chi connectivity index (χ1v) is 6.05. The largest absolute Gasteiger partial charge is 0.478 e. The molecule has 1 aromatic rings. The van der Waals surface area contributed by atoms with Crippen molar-refractivity contribution in [3.05, 3.63) is 33.8 Å². The SMILES string of the molecule is CCCCOC(=O)c1ccc(Br)cc1C(=O)O. The van der Waals surface area contributed by atoms with E-state index in [2.05, 4.69) is 15.9 Å². The fourth-order valence-corrected chi connectivity index (χ4v) is 1.62. The Hall–Kier alpha value is -1.36. The quantitative estimate of drug-likeness (QED) is 0.670. The minimum Gasteiger partial charge on any atom is -0.478 e. The van der Waals surface area contributed by atoms with E-state index in [0.29, 0.717) is 11.1 Å². The van der Waals surface area contributed by atoms with Crippen molar-refractivity contribution in [3.63, 3.8) is 0 Å². The van der Waals surface area contributed by atoms with Crippen molar-refractivity contribution >= 4 is 27.9 Å². The Morgan fingerprint density at radius 3 is 2.65 bits per heavy atom. The summed E-state index contributed by atoms with van der Waals surface area (Å²) in [5.74, 6) is -1.74. The maximum atomic E-state index is 11.7. The van der Waals surface area contributed by atoms with Gasteiger partial charge in [0.25, 0.3) is 0 Å². The Morgan fingerprint density at radius 2 is 2.06 bits per heavy atom. The van der Waals surface area contributed by atoms with Gasteiger partial charge in [0, 0.05) is 4.47 Å². The predicted molar refractivity (Wildman–Crippen MR) is 66.3 cm³/mol. The van der Waals surface area contributed by atoms with Crippen molar-refractivity contribution in [2.75, 3.05) is 6.61 Å². The summed E-state index contributed by atoms with van der Waals surface area (Å²) in [6.45, 7) is 2.29. The third-order valence-corrected chi connectivity index (χ3v) is 2.66. The van der Waals surface area contributed by atoms with Gasteiger partial charge < -0.3 is 9.84 Å². The topological polar surface area (TPSA) is 63.6 Å². The molecule has 0 spiro atoms. The molecule has 4 nitrogen and oxygen atoms in total. The number of hydrogen-bond acceptors (Lipinski definition) is 3. The summed E-state index contributed by atoms with van der Waals surface area (Å²) in [5, 5.41) is 8.98. The summed E-state index contributed by atoms with van der Waals surface area (Å²) in [4.78, 5) is 22.6. The van der Waals surface area contributed by atoms with Crippen molar-refractivity contribution in [3.8, 4) is 0 Å². The second-order valence-corrected chi connectivity index (χ2v) is 4.40. The highest BCUT2D eigenvalue weighted by Crippen LogP contribution is 2.17. The lowest BCUT2D eigenvalue weighted by atomic mass is 10.1. The van der Waals surface area contributed by atoms with Crippen LogP contribution in [0.3, 0.4) is 0 Å². The maximum Gasteiger partial charge on any atom is 0.339 e. The fraction of sp³-hybridized carbons (Fsp3) is 0.333. The van der Waals surface area contributed by atoms with Crippen LogP contribution >= 0.6 is 15.9 Å². The van der Waals surface area contributed by atoms with Crippen LogP contribution in [0, 0.1) is 0 Å². The number of aromatic carboxylic acids is 1. The van der Waals surface area contributed by atoms with Crippen LogP contribution in [0.15, 0.2) is 22.7 Å². The molecule has 5 heteroatoms. The Kier molecular flexibility index (Phi) is 5.15. The van der Waals surface area contributed by atoms with E-state index in [1.54, 1.807) is 6.07 Å². The van der Waals surface area contributed by atoms with Gasteiger partial charge in [-0.15, -0.1) is 0 Å². The van der Waals surface area contributed by atoms with E-state index >= 15 is 0 Å². The van der Waals surface area contributed by atoms with Crippen molar-refractivity contribution < 1.29 is 19.4 Å². The third-order valence-electron chi connectivity index (χ3n) is 2.16. The molecule has 0 heterocycles. The molecule has 0 aliphatic carbocycles. The molecule has 0 amide bonds. The number of halogens is 1. The van der Waals surface area contributed by atoms with Gasteiger partial charge in [-0.2, -0.15) is 0 Å². The molecule has 0 saturated heterocycles. The first-order chi connectivity index (χ1) is 8.06. The molecule has 0 bridgehead atoms. The maximum absolute atomic E-state index is 11.7. The molecule has 0 aliphatic heterocycles. The zero-order chi connectivity index (χ0) is 12.8. The van der Waals surface area contributed by atoms with Crippen molar-refractivity contribution in [2.24, 2.45) is 0 Å². The lowest BCUT2D eigenvalue weighted by Gasteiger charge is -2.07. The number of carboxylic acids is 1. The number of benzene rings is 1. The molecule has 0 aromatic heterocycles. The summed E-state index contributed by atoms with van der Waals surface area (Å²) in [6.07, 6.45) is 1.68. The van der Waals surface area contributed by atoms with E-state index < -0.39 is 11.9 Å². The monoisotopic (exact) mass is 300 g/mol. The second-order valence-electron chi connectivity index (χ2n) is 3.48. The van der Waals surface area contributed by atoms with Crippen LogP contribution < -0.4 is 0 Å². The van der Waals surface area contributed by atoms with Gasteiger partial charge in [0.15, 0.2) is 0 Å². The zero-order valence-electron chi connectivity index (χ0n) is 9.40.